The third-order valence-corrected chi connectivity index (χ3v) is 2.78. The lowest BCUT2D eigenvalue weighted by atomic mass is 10.2. The van der Waals surface area contributed by atoms with E-state index in [4.69, 9.17) is 5.26 Å². The Bertz CT molecular complexity index is 573. The zero-order chi connectivity index (χ0) is 13.8. The third-order valence-electron chi connectivity index (χ3n) is 2.78. The van der Waals surface area contributed by atoms with Crippen LogP contribution in [0.15, 0.2) is 24.3 Å². The molecule has 19 heavy (non-hydrogen) atoms. The molecule has 0 spiro atoms. The predicted molar refractivity (Wildman–Crippen MR) is 65.7 cm³/mol. The highest BCUT2D eigenvalue weighted by Crippen LogP contribution is 2.15. The minimum atomic E-state index is -0.494. The highest BCUT2D eigenvalue weighted by Gasteiger charge is 2.30. The molecular weight excluding hydrogens is 246 g/mol. The molecule has 1 aliphatic rings. The molecule has 6 heteroatoms. The van der Waals surface area contributed by atoms with Gasteiger partial charge in [0, 0.05) is 12.8 Å². The van der Waals surface area contributed by atoms with Crippen molar-refractivity contribution in [2.45, 2.75) is 12.8 Å². The molecule has 0 bridgehead atoms. The Labute approximate surface area is 109 Å². The molecule has 0 aromatic heterocycles. The van der Waals surface area contributed by atoms with Gasteiger partial charge in [0.05, 0.1) is 11.3 Å². The number of carbonyl (C=O) groups is 3. The molecule has 1 fully saturated rings. The van der Waals surface area contributed by atoms with E-state index in [1.54, 1.807) is 24.3 Å². The minimum absolute atomic E-state index is 0.154. The van der Waals surface area contributed by atoms with Crippen LogP contribution in [0.25, 0.3) is 0 Å². The fraction of sp³-hybridized carbons (Fsp3) is 0.231. The first kappa shape index (κ1) is 12.8. The molecule has 1 aromatic carbocycles. The number of nitriles is 1. The number of carbonyl (C=O) groups excluding carboxylic acids is 3. The number of anilines is 1. The summed E-state index contributed by atoms with van der Waals surface area (Å²) in [5.41, 5.74) is 0.698. The van der Waals surface area contributed by atoms with Gasteiger partial charge in [-0.2, -0.15) is 5.26 Å². The molecule has 1 aromatic rings. The van der Waals surface area contributed by atoms with Gasteiger partial charge in [-0.1, -0.05) is 12.1 Å². The van der Waals surface area contributed by atoms with Gasteiger partial charge in [-0.3, -0.25) is 19.3 Å². The maximum Gasteiger partial charge on any atom is 0.244 e. The Morgan fingerprint density at radius 3 is 2.53 bits per heavy atom. The smallest absolute Gasteiger partial charge is 0.244 e. The second-order valence-corrected chi connectivity index (χ2v) is 4.08. The number of benzene rings is 1. The van der Waals surface area contributed by atoms with E-state index in [0.717, 1.165) is 4.90 Å². The van der Waals surface area contributed by atoms with Crippen LogP contribution in [0.5, 0.6) is 0 Å². The normalized spacial score (nSPS) is 14.4. The van der Waals surface area contributed by atoms with E-state index in [1.807, 2.05) is 6.07 Å². The molecule has 6 nitrogen and oxygen atoms in total. The van der Waals surface area contributed by atoms with Crippen molar-refractivity contribution in [1.29, 1.82) is 5.26 Å². The lowest BCUT2D eigenvalue weighted by molar-refractivity contribution is -0.141. The summed E-state index contributed by atoms with van der Waals surface area (Å²) in [6.07, 6.45) is 0.307. The number of amides is 3. The number of likely N-dealkylation sites (tertiary alicyclic amines) is 1. The first-order valence-electron chi connectivity index (χ1n) is 5.74. The summed E-state index contributed by atoms with van der Waals surface area (Å²) in [6.45, 7) is -0.308. The Hall–Kier alpha value is -2.68. The van der Waals surface area contributed by atoms with Gasteiger partial charge in [0.15, 0.2) is 0 Å². The topological polar surface area (TPSA) is 90.3 Å². The van der Waals surface area contributed by atoms with Crippen LogP contribution in [0.2, 0.25) is 0 Å². The number of rotatable bonds is 3. The average Bonchev–Trinajstić information content (AvgIpc) is 2.71. The third kappa shape index (κ3) is 2.77. The van der Waals surface area contributed by atoms with Crippen LogP contribution in [0, 0.1) is 11.3 Å². The average molecular weight is 257 g/mol. The quantitative estimate of drug-likeness (QED) is 0.805. The molecule has 1 aliphatic heterocycles. The number of imide groups is 1. The van der Waals surface area contributed by atoms with Crippen LogP contribution in [-0.2, 0) is 14.4 Å². The van der Waals surface area contributed by atoms with Crippen molar-refractivity contribution in [3.8, 4) is 6.07 Å². The van der Waals surface area contributed by atoms with Crippen LogP contribution in [-0.4, -0.2) is 29.2 Å². The molecule has 96 valence electrons. The molecule has 1 heterocycles. The van der Waals surface area contributed by atoms with E-state index in [1.165, 1.54) is 0 Å². The Morgan fingerprint density at radius 1 is 1.26 bits per heavy atom. The second-order valence-electron chi connectivity index (χ2n) is 4.08. The zero-order valence-corrected chi connectivity index (χ0v) is 10.0. The van der Waals surface area contributed by atoms with Gasteiger partial charge in [0.1, 0.15) is 12.6 Å². The summed E-state index contributed by atoms with van der Waals surface area (Å²) >= 11 is 0. The maximum absolute atomic E-state index is 11.8. The zero-order valence-electron chi connectivity index (χ0n) is 10.0. The van der Waals surface area contributed by atoms with Gasteiger partial charge in [-0.05, 0) is 12.1 Å². The lowest BCUT2D eigenvalue weighted by Crippen LogP contribution is -2.36. The molecule has 0 atom stereocenters. The number of nitrogens with zero attached hydrogens (tertiary/aromatic N) is 2. The largest absolute Gasteiger partial charge is 0.323 e. The van der Waals surface area contributed by atoms with Crippen molar-refractivity contribution < 1.29 is 14.4 Å². The maximum atomic E-state index is 11.8. The fourth-order valence-corrected chi connectivity index (χ4v) is 1.82. The molecule has 1 saturated heterocycles. The SMILES string of the molecule is N#Cc1ccccc1NC(=O)CN1C(=O)CCC1=O. The molecule has 0 aliphatic carbocycles. The highest BCUT2D eigenvalue weighted by molar-refractivity contribution is 6.06. The van der Waals surface area contributed by atoms with Crippen LogP contribution in [0.3, 0.4) is 0 Å². The summed E-state index contributed by atoms with van der Waals surface area (Å²) in [5.74, 6) is -1.17. The summed E-state index contributed by atoms with van der Waals surface area (Å²) in [7, 11) is 0. The van der Waals surface area contributed by atoms with Crippen LogP contribution in [0.1, 0.15) is 18.4 Å². The van der Waals surface area contributed by atoms with Crippen molar-refractivity contribution in [1.82, 2.24) is 4.90 Å². The molecule has 0 unspecified atom stereocenters. The summed E-state index contributed by atoms with van der Waals surface area (Å²) in [5, 5.41) is 11.4. The number of hydrogen-bond acceptors (Lipinski definition) is 4. The Morgan fingerprint density at radius 2 is 1.89 bits per heavy atom. The standard InChI is InChI=1S/C13H11N3O3/c14-7-9-3-1-2-4-10(9)15-11(17)8-16-12(18)5-6-13(16)19/h1-4H,5-6,8H2,(H,15,17). The minimum Gasteiger partial charge on any atom is -0.323 e. The number of nitrogens with one attached hydrogen (secondary N) is 1. The number of hydrogen-bond donors (Lipinski definition) is 1. The molecule has 3 amide bonds. The van der Waals surface area contributed by atoms with E-state index >= 15 is 0 Å². The lowest BCUT2D eigenvalue weighted by Gasteiger charge is -2.13. The first-order valence-corrected chi connectivity index (χ1v) is 5.74. The van der Waals surface area contributed by atoms with Crippen LogP contribution >= 0.6 is 0 Å². The van der Waals surface area contributed by atoms with E-state index in [9.17, 15) is 14.4 Å². The van der Waals surface area contributed by atoms with Gasteiger partial charge >= 0.3 is 0 Å². The monoisotopic (exact) mass is 257 g/mol. The van der Waals surface area contributed by atoms with Crippen LogP contribution in [0.4, 0.5) is 5.69 Å². The van der Waals surface area contributed by atoms with Crippen molar-refractivity contribution in [2.75, 3.05) is 11.9 Å². The highest BCUT2D eigenvalue weighted by atomic mass is 16.2. The van der Waals surface area contributed by atoms with Gasteiger partial charge in [0.2, 0.25) is 17.7 Å². The Kier molecular flexibility index (Phi) is 3.57. The molecule has 1 N–H and O–H groups in total. The van der Waals surface area contributed by atoms with E-state index in [-0.39, 0.29) is 31.2 Å². The van der Waals surface area contributed by atoms with Gasteiger partial charge in [-0.25, -0.2) is 0 Å². The second kappa shape index (κ2) is 5.31. The van der Waals surface area contributed by atoms with E-state index in [2.05, 4.69) is 5.32 Å². The fourth-order valence-electron chi connectivity index (χ4n) is 1.82. The van der Waals surface area contributed by atoms with Crippen molar-refractivity contribution in [3.05, 3.63) is 29.8 Å². The van der Waals surface area contributed by atoms with Crippen LogP contribution < -0.4 is 5.32 Å². The summed E-state index contributed by atoms with van der Waals surface area (Å²) in [6, 6.07) is 8.47. The van der Waals surface area contributed by atoms with Gasteiger partial charge in [0.25, 0.3) is 0 Å². The van der Waals surface area contributed by atoms with Gasteiger partial charge < -0.3 is 5.32 Å². The van der Waals surface area contributed by atoms with Gasteiger partial charge in [-0.15, -0.1) is 0 Å². The summed E-state index contributed by atoms with van der Waals surface area (Å²) in [4.78, 5) is 35.4. The Balaban J connectivity index is 2.04. The first-order chi connectivity index (χ1) is 9.11. The van der Waals surface area contributed by atoms with E-state index in [0.29, 0.717) is 11.3 Å². The molecule has 0 radical (unpaired) electrons. The van der Waals surface area contributed by atoms with E-state index < -0.39 is 5.91 Å². The predicted octanol–water partition coefficient (Wildman–Crippen LogP) is 0.646. The number of para-hydroxylation sites is 1. The summed E-state index contributed by atoms with van der Waals surface area (Å²) < 4.78 is 0. The van der Waals surface area contributed by atoms with Crippen molar-refractivity contribution in [3.63, 3.8) is 0 Å². The molecule has 0 saturated carbocycles. The molecular formula is C13H11N3O3. The van der Waals surface area contributed by atoms with Crippen molar-refractivity contribution in [2.24, 2.45) is 0 Å². The van der Waals surface area contributed by atoms with Crippen molar-refractivity contribution >= 4 is 23.4 Å². The molecule has 2 rings (SSSR count).